The molecule has 0 fully saturated rings. The van der Waals surface area contributed by atoms with Gasteiger partial charge in [0.25, 0.3) is 0 Å². The van der Waals surface area contributed by atoms with Crippen molar-refractivity contribution in [2.24, 2.45) is 9.98 Å². The lowest BCUT2D eigenvalue weighted by Gasteiger charge is -2.41. The molecule has 6 heteroatoms. The summed E-state index contributed by atoms with van der Waals surface area (Å²) in [6.45, 7) is 17.9. The van der Waals surface area contributed by atoms with E-state index in [4.69, 9.17) is 20.0 Å². The smallest absolute Gasteiger partial charge is 0.155 e. The molecule has 2 aromatic heterocycles. The number of anilines is 2. The number of rotatable bonds is 8. The molecule has 11 rings (SSSR count). The molecule has 1 aliphatic carbocycles. The number of hydrogen-bond donors (Lipinski definition) is 0. The number of amidine groups is 2. The number of para-hydroxylation sites is 2. The Morgan fingerprint density at radius 2 is 0.701 bits per heavy atom. The minimum Gasteiger partial charge on any atom is -0.317 e. The average molecular weight is 873 g/mol. The molecule has 67 heavy (non-hydrogen) atoms. The Morgan fingerprint density at radius 1 is 0.358 bits per heavy atom. The first-order valence-electron chi connectivity index (χ1n) is 23.5. The van der Waals surface area contributed by atoms with Crippen molar-refractivity contribution < 1.29 is 0 Å². The highest BCUT2D eigenvalue weighted by Crippen LogP contribution is 2.57. The van der Waals surface area contributed by atoms with Crippen LogP contribution < -0.4 is 9.80 Å². The predicted octanol–water partition coefficient (Wildman–Crippen LogP) is 13.8. The van der Waals surface area contributed by atoms with Crippen molar-refractivity contribution in [3.05, 3.63) is 228 Å². The van der Waals surface area contributed by atoms with Crippen molar-refractivity contribution >= 4 is 23.0 Å². The van der Waals surface area contributed by atoms with E-state index in [-0.39, 0.29) is 22.2 Å². The van der Waals surface area contributed by atoms with Crippen LogP contribution in [-0.2, 0) is 5.41 Å². The van der Waals surface area contributed by atoms with E-state index in [1.165, 1.54) is 33.4 Å². The largest absolute Gasteiger partial charge is 0.317 e. The molecule has 0 atom stereocenters. The highest BCUT2D eigenvalue weighted by molar-refractivity contribution is 6.12. The zero-order chi connectivity index (χ0) is 46.3. The van der Waals surface area contributed by atoms with Crippen molar-refractivity contribution in [3.63, 3.8) is 0 Å². The highest BCUT2D eigenvalue weighted by Gasteiger charge is 2.52. The summed E-state index contributed by atoms with van der Waals surface area (Å²) in [5.74, 6) is 1.78. The molecule has 4 heterocycles. The fourth-order valence-electron chi connectivity index (χ4n) is 10.6. The van der Waals surface area contributed by atoms with Gasteiger partial charge in [-0.1, -0.05) is 133 Å². The Balaban J connectivity index is 1.01. The summed E-state index contributed by atoms with van der Waals surface area (Å²) in [6, 6.07) is 65.7. The van der Waals surface area contributed by atoms with Crippen molar-refractivity contribution in [2.75, 3.05) is 9.80 Å². The van der Waals surface area contributed by atoms with Gasteiger partial charge in [-0.25, -0.2) is 0 Å². The van der Waals surface area contributed by atoms with E-state index in [1.54, 1.807) is 0 Å². The number of benzene rings is 6. The first-order chi connectivity index (χ1) is 32.2. The van der Waals surface area contributed by atoms with E-state index in [0.29, 0.717) is 0 Å². The first-order valence-corrected chi connectivity index (χ1v) is 23.5. The number of aromatic nitrogens is 2. The highest BCUT2D eigenvalue weighted by atomic mass is 15.4. The number of pyridine rings is 2. The zero-order valence-electron chi connectivity index (χ0n) is 39.7. The summed E-state index contributed by atoms with van der Waals surface area (Å²) in [5.41, 5.74) is 13.9. The van der Waals surface area contributed by atoms with Gasteiger partial charge in [-0.15, -0.1) is 0 Å². The van der Waals surface area contributed by atoms with Crippen LogP contribution in [-0.4, -0.2) is 43.8 Å². The molecule has 0 bridgehead atoms. The van der Waals surface area contributed by atoms with Crippen molar-refractivity contribution in [1.29, 1.82) is 0 Å². The molecule has 0 N–H and O–H groups in total. The van der Waals surface area contributed by atoms with Crippen LogP contribution in [0.4, 0.5) is 11.4 Å². The Kier molecular flexibility index (Phi) is 9.65. The number of aliphatic imine (C=N–C) groups is 2. The molecular formula is C61H56N6. The standard InChI is InChI=1S/C61H56N6/c1-57(2)59(5,6)66(47-25-17-11-18-26-47)55(64-57)53-35-31-43(39-62-53)41-29-33-49-50-34-30-42(38-52(50)61(51(49)37-41,45-21-13-9-14-22-45)46-23-15-10-16-24-46)44-32-36-54(63-40-44)56-65-58(3,4)60(7,8)67(56)48-27-19-12-20-28-48/h9-40H,1-8H3. The monoisotopic (exact) mass is 872 g/mol. The Bertz CT molecular complexity index is 2990. The van der Waals surface area contributed by atoms with Crippen LogP contribution in [0.2, 0.25) is 0 Å². The molecule has 0 saturated carbocycles. The molecule has 0 saturated heterocycles. The normalized spacial score (nSPS) is 18.0. The minimum atomic E-state index is -0.599. The summed E-state index contributed by atoms with van der Waals surface area (Å²) < 4.78 is 0. The Morgan fingerprint density at radius 3 is 1.04 bits per heavy atom. The molecule has 8 aromatic rings. The van der Waals surface area contributed by atoms with E-state index in [0.717, 1.165) is 56.7 Å². The van der Waals surface area contributed by atoms with Crippen LogP contribution in [0.1, 0.15) is 89.0 Å². The van der Waals surface area contributed by atoms with Gasteiger partial charge < -0.3 is 9.80 Å². The van der Waals surface area contributed by atoms with Crippen LogP contribution in [0, 0.1) is 0 Å². The molecule has 0 unspecified atom stereocenters. The summed E-state index contributed by atoms with van der Waals surface area (Å²) in [6.07, 6.45) is 4.03. The van der Waals surface area contributed by atoms with Gasteiger partial charge in [0.1, 0.15) is 11.4 Å². The topological polar surface area (TPSA) is 57.0 Å². The summed E-state index contributed by atoms with van der Waals surface area (Å²) in [7, 11) is 0. The summed E-state index contributed by atoms with van der Waals surface area (Å²) >= 11 is 0. The molecule has 6 aromatic carbocycles. The second-order valence-electron chi connectivity index (χ2n) is 20.3. The lowest BCUT2D eigenvalue weighted by molar-refractivity contribution is 0.338. The molecular weight excluding hydrogens is 817 g/mol. The van der Waals surface area contributed by atoms with E-state index in [9.17, 15) is 0 Å². The van der Waals surface area contributed by atoms with Crippen LogP contribution >= 0.6 is 0 Å². The fraction of sp³-hybridized carbons (Fsp3) is 0.213. The van der Waals surface area contributed by atoms with Gasteiger partial charge in [-0.05, 0) is 148 Å². The lowest BCUT2D eigenvalue weighted by atomic mass is 9.67. The third kappa shape index (κ3) is 6.44. The summed E-state index contributed by atoms with van der Waals surface area (Å²) in [5, 5.41) is 0. The average Bonchev–Trinajstić information content (AvgIpc) is 3.83. The Hall–Kier alpha value is -7.44. The predicted molar refractivity (Wildman–Crippen MR) is 277 cm³/mol. The van der Waals surface area contributed by atoms with E-state index < -0.39 is 5.41 Å². The van der Waals surface area contributed by atoms with Gasteiger partial charge >= 0.3 is 0 Å². The van der Waals surface area contributed by atoms with Gasteiger partial charge in [-0.3, -0.25) is 20.0 Å². The van der Waals surface area contributed by atoms with Crippen LogP contribution in [0.3, 0.4) is 0 Å². The zero-order valence-corrected chi connectivity index (χ0v) is 39.7. The van der Waals surface area contributed by atoms with Gasteiger partial charge in [0.2, 0.25) is 0 Å². The quantitative estimate of drug-likeness (QED) is 0.153. The SMILES string of the molecule is CC1(C)N=C(c2ccc(-c3ccc4c(c3)C(c3ccccc3)(c3ccccc3)c3cc(-c5ccc(C6=NC(C)(C)C(C)(C)N6c6ccccc6)nc5)ccc3-4)cn2)N(c2ccccc2)C1(C)C. The van der Waals surface area contributed by atoms with E-state index in [2.05, 4.69) is 247 Å². The number of fused-ring (bicyclic) bond motifs is 3. The van der Waals surface area contributed by atoms with Gasteiger partial charge in [-0.2, -0.15) is 0 Å². The molecule has 2 aliphatic heterocycles. The van der Waals surface area contributed by atoms with Crippen LogP contribution in [0.5, 0.6) is 0 Å². The molecule has 0 amide bonds. The van der Waals surface area contributed by atoms with Crippen molar-refractivity contribution in [3.8, 4) is 33.4 Å². The first kappa shape index (κ1) is 42.2. The summed E-state index contributed by atoms with van der Waals surface area (Å²) in [4.78, 5) is 25.6. The third-order valence-electron chi connectivity index (χ3n) is 15.5. The molecule has 6 nitrogen and oxygen atoms in total. The second kappa shape index (κ2) is 15.3. The van der Waals surface area contributed by atoms with Gasteiger partial charge in [0, 0.05) is 34.9 Å². The molecule has 0 radical (unpaired) electrons. The minimum absolute atomic E-state index is 0.263. The van der Waals surface area contributed by atoms with Gasteiger partial charge in [0.15, 0.2) is 11.7 Å². The number of nitrogens with zero attached hydrogens (tertiary/aromatic N) is 6. The Labute approximate surface area is 395 Å². The maximum atomic E-state index is 5.30. The maximum Gasteiger partial charge on any atom is 0.155 e. The molecule has 330 valence electrons. The third-order valence-corrected chi connectivity index (χ3v) is 15.5. The van der Waals surface area contributed by atoms with E-state index in [1.807, 2.05) is 12.4 Å². The second-order valence-corrected chi connectivity index (χ2v) is 20.3. The molecule has 3 aliphatic rings. The van der Waals surface area contributed by atoms with Crippen molar-refractivity contribution in [1.82, 2.24) is 9.97 Å². The fourth-order valence-corrected chi connectivity index (χ4v) is 10.6. The van der Waals surface area contributed by atoms with Crippen LogP contribution in [0.15, 0.2) is 204 Å². The van der Waals surface area contributed by atoms with Crippen LogP contribution in [0.25, 0.3) is 33.4 Å². The van der Waals surface area contributed by atoms with Gasteiger partial charge in [0.05, 0.1) is 27.6 Å². The van der Waals surface area contributed by atoms with E-state index >= 15 is 0 Å². The maximum absolute atomic E-state index is 5.30. The lowest BCUT2D eigenvalue weighted by Crippen LogP contribution is -2.53. The molecule has 0 spiro atoms. The van der Waals surface area contributed by atoms with Crippen molar-refractivity contribution in [2.45, 2.75) is 83.0 Å². The number of hydrogen-bond acceptors (Lipinski definition) is 6.